The average Bonchev–Trinajstić information content (AvgIpc) is 2.47. The third kappa shape index (κ3) is 4.50. The van der Waals surface area contributed by atoms with Crippen molar-refractivity contribution in [3.8, 4) is 0 Å². The minimum absolute atomic E-state index is 0.0758. The van der Waals surface area contributed by atoms with Gasteiger partial charge in [0.15, 0.2) is 0 Å². The molecule has 3 atom stereocenters. The van der Waals surface area contributed by atoms with E-state index in [0.717, 1.165) is 25.3 Å². The van der Waals surface area contributed by atoms with Crippen LogP contribution in [-0.4, -0.2) is 18.5 Å². The predicted octanol–water partition coefficient (Wildman–Crippen LogP) is 3.31. The quantitative estimate of drug-likeness (QED) is 0.876. The SMILES string of the molecule is C[C@H](NCC(=O)N[C@H]1CCCC[C@H]1C)c1ccc(F)cc1F. The van der Waals surface area contributed by atoms with Crippen LogP contribution in [0, 0.1) is 17.6 Å². The fraction of sp³-hybridized carbons (Fsp3) is 0.588. The van der Waals surface area contributed by atoms with E-state index in [1.165, 1.54) is 18.6 Å². The summed E-state index contributed by atoms with van der Waals surface area (Å²) in [6, 6.07) is 3.37. The largest absolute Gasteiger partial charge is 0.352 e. The molecule has 0 aliphatic heterocycles. The van der Waals surface area contributed by atoms with Crippen molar-refractivity contribution < 1.29 is 13.6 Å². The molecule has 1 amide bonds. The summed E-state index contributed by atoms with van der Waals surface area (Å²) >= 11 is 0. The standard InChI is InChI=1S/C17H24F2N2O/c1-11-5-3-4-6-16(11)21-17(22)10-20-12(2)14-8-7-13(18)9-15(14)19/h7-9,11-12,16,20H,3-6,10H2,1-2H3,(H,21,22)/t11-,12+,16+/m1/s1. The van der Waals surface area contributed by atoms with Crippen LogP contribution in [0.3, 0.4) is 0 Å². The van der Waals surface area contributed by atoms with Gasteiger partial charge < -0.3 is 10.6 Å². The van der Waals surface area contributed by atoms with E-state index in [9.17, 15) is 13.6 Å². The summed E-state index contributed by atoms with van der Waals surface area (Å²) in [5, 5.41) is 6.03. The molecule has 22 heavy (non-hydrogen) atoms. The molecule has 0 heterocycles. The van der Waals surface area contributed by atoms with Gasteiger partial charge in [-0.1, -0.05) is 25.8 Å². The van der Waals surface area contributed by atoms with Gasteiger partial charge in [-0.2, -0.15) is 0 Å². The Morgan fingerprint density at radius 2 is 2.05 bits per heavy atom. The van der Waals surface area contributed by atoms with Crippen molar-refractivity contribution in [1.29, 1.82) is 0 Å². The van der Waals surface area contributed by atoms with Gasteiger partial charge in [0.2, 0.25) is 5.91 Å². The summed E-state index contributed by atoms with van der Waals surface area (Å²) in [7, 11) is 0. The fourth-order valence-corrected chi connectivity index (χ4v) is 3.00. The molecule has 2 rings (SSSR count). The molecule has 0 unspecified atom stereocenters. The van der Waals surface area contributed by atoms with Gasteiger partial charge in [0, 0.05) is 23.7 Å². The summed E-state index contributed by atoms with van der Waals surface area (Å²) in [5.41, 5.74) is 0.361. The first-order valence-electron chi connectivity index (χ1n) is 7.95. The van der Waals surface area contributed by atoms with Gasteiger partial charge in [0.1, 0.15) is 11.6 Å². The molecule has 0 saturated heterocycles. The summed E-state index contributed by atoms with van der Waals surface area (Å²) in [4.78, 5) is 12.0. The monoisotopic (exact) mass is 310 g/mol. The van der Waals surface area contributed by atoms with E-state index in [1.807, 2.05) is 0 Å². The molecule has 122 valence electrons. The molecule has 1 aliphatic rings. The van der Waals surface area contributed by atoms with E-state index < -0.39 is 11.6 Å². The first-order chi connectivity index (χ1) is 10.5. The molecule has 1 fully saturated rings. The zero-order chi connectivity index (χ0) is 16.1. The molecular weight excluding hydrogens is 286 g/mol. The Morgan fingerprint density at radius 3 is 2.73 bits per heavy atom. The number of hydrogen-bond acceptors (Lipinski definition) is 2. The van der Waals surface area contributed by atoms with Crippen molar-refractivity contribution in [3.63, 3.8) is 0 Å². The van der Waals surface area contributed by atoms with Gasteiger partial charge in [0.05, 0.1) is 6.54 Å². The second-order valence-corrected chi connectivity index (χ2v) is 6.20. The number of carbonyl (C=O) groups is 1. The summed E-state index contributed by atoms with van der Waals surface area (Å²) in [5.74, 6) is -0.767. The Hall–Kier alpha value is -1.49. The van der Waals surface area contributed by atoms with Crippen molar-refractivity contribution in [3.05, 3.63) is 35.4 Å². The summed E-state index contributed by atoms with van der Waals surface area (Å²) in [6.45, 7) is 4.04. The summed E-state index contributed by atoms with van der Waals surface area (Å²) in [6.07, 6.45) is 4.55. The van der Waals surface area contributed by atoms with Crippen LogP contribution in [0.2, 0.25) is 0 Å². The van der Waals surface area contributed by atoms with Crippen LogP contribution in [-0.2, 0) is 4.79 Å². The van der Waals surface area contributed by atoms with Gasteiger partial charge in [-0.3, -0.25) is 4.79 Å². The van der Waals surface area contributed by atoms with E-state index in [4.69, 9.17) is 0 Å². The molecule has 5 heteroatoms. The van der Waals surface area contributed by atoms with E-state index in [0.29, 0.717) is 11.5 Å². The minimum atomic E-state index is -0.600. The third-order valence-electron chi connectivity index (χ3n) is 4.46. The van der Waals surface area contributed by atoms with Crippen molar-refractivity contribution in [1.82, 2.24) is 10.6 Å². The highest BCUT2D eigenvalue weighted by molar-refractivity contribution is 5.78. The van der Waals surface area contributed by atoms with Gasteiger partial charge in [-0.05, 0) is 31.7 Å². The first kappa shape index (κ1) is 16.9. The lowest BCUT2D eigenvalue weighted by molar-refractivity contribution is -0.121. The second kappa shape index (κ2) is 7.68. The Labute approximate surface area is 130 Å². The fourth-order valence-electron chi connectivity index (χ4n) is 3.00. The van der Waals surface area contributed by atoms with Crippen LogP contribution < -0.4 is 10.6 Å². The van der Waals surface area contributed by atoms with E-state index in [-0.39, 0.29) is 24.5 Å². The Kier molecular flexibility index (Phi) is 5.89. The topological polar surface area (TPSA) is 41.1 Å². The van der Waals surface area contributed by atoms with Crippen LogP contribution >= 0.6 is 0 Å². The highest BCUT2D eigenvalue weighted by atomic mass is 19.1. The van der Waals surface area contributed by atoms with Gasteiger partial charge in [-0.25, -0.2) is 8.78 Å². The van der Waals surface area contributed by atoms with E-state index >= 15 is 0 Å². The molecule has 1 aliphatic carbocycles. The average molecular weight is 310 g/mol. The van der Waals surface area contributed by atoms with Crippen LogP contribution in [0.1, 0.15) is 51.1 Å². The molecule has 3 nitrogen and oxygen atoms in total. The molecule has 1 saturated carbocycles. The lowest BCUT2D eigenvalue weighted by Gasteiger charge is -2.29. The molecule has 0 radical (unpaired) electrons. The predicted molar refractivity (Wildman–Crippen MR) is 82.3 cm³/mol. The number of carbonyl (C=O) groups excluding carboxylic acids is 1. The van der Waals surface area contributed by atoms with Crippen LogP contribution in [0.25, 0.3) is 0 Å². The lowest BCUT2D eigenvalue weighted by atomic mass is 9.86. The molecule has 1 aromatic rings. The zero-order valence-corrected chi connectivity index (χ0v) is 13.2. The van der Waals surface area contributed by atoms with Crippen LogP contribution in [0.4, 0.5) is 8.78 Å². The highest BCUT2D eigenvalue weighted by Gasteiger charge is 2.22. The Bertz CT molecular complexity index is 521. The molecule has 1 aromatic carbocycles. The lowest BCUT2D eigenvalue weighted by Crippen LogP contribution is -2.45. The Morgan fingerprint density at radius 1 is 1.32 bits per heavy atom. The smallest absolute Gasteiger partial charge is 0.234 e. The third-order valence-corrected chi connectivity index (χ3v) is 4.46. The molecule has 0 aromatic heterocycles. The van der Waals surface area contributed by atoms with Crippen molar-refractivity contribution in [2.75, 3.05) is 6.54 Å². The van der Waals surface area contributed by atoms with Crippen molar-refractivity contribution in [2.45, 2.75) is 51.6 Å². The maximum atomic E-state index is 13.7. The number of amides is 1. The van der Waals surface area contributed by atoms with Crippen LogP contribution in [0.15, 0.2) is 18.2 Å². The van der Waals surface area contributed by atoms with Gasteiger partial charge >= 0.3 is 0 Å². The molecule has 0 bridgehead atoms. The van der Waals surface area contributed by atoms with Crippen molar-refractivity contribution in [2.24, 2.45) is 5.92 Å². The number of benzene rings is 1. The molecule has 0 spiro atoms. The maximum Gasteiger partial charge on any atom is 0.234 e. The number of hydrogen-bond donors (Lipinski definition) is 2. The van der Waals surface area contributed by atoms with Gasteiger partial charge in [0.25, 0.3) is 0 Å². The zero-order valence-electron chi connectivity index (χ0n) is 13.2. The Balaban J connectivity index is 1.82. The minimum Gasteiger partial charge on any atom is -0.352 e. The number of halogens is 2. The second-order valence-electron chi connectivity index (χ2n) is 6.20. The summed E-state index contributed by atoms with van der Waals surface area (Å²) < 4.78 is 26.6. The normalized spacial score (nSPS) is 23.1. The molecule has 2 N–H and O–H groups in total. The van der Waals surface area contributed by atoms with E-state index in [1.54, 1.807) is 6.92 Å². The van der Waals surface area contributed by atoms with E-state index in [2.05, 4.69) is 17.6 Å². The maximum absolute atomic E-state index is 13.7. The van der Waals surface area contributed by atoms with Crippen molar-refractivity contribution >= 4 is 5.91 Å². The van der Waals surface area contributed by atoms with Gasteiger partial charge in [-0.15, -0.1) is 0 Å². The number of rotatable bonds is 5. The first-order valence-corrected chi connectivity index (χ1v) is 7.95. The highest BCUT2D eigenvalue weighted by Crippen LogP contribution is 2.23. The molecular formula is C17H24F2N2O. The number of nitrogens with one attached hydrogen (secondary N) is 2. The van der Waals surface area contributed by atoms with Crippen LogP contribution in [0.5, 0.6) is 0 Å².